The van der Waals surface area contributed by atoms with E-state index in [1.807, 2.05) is 24.3 Å². The van der Waals surface area contributed by atoms with Crippen LogP contribution in [0.1, 0.15) is 37.5 Å². The zero-order valence-electron chi connectivity index (χ0n) is 18.2. The van der Waals surface area contributed by atoms with Crippen molar-refractivity contribution in [2.45, 2.75) is 32.7 Å². The Balaban J connectivity index is 1.71. The highest BCUT2D eigenvalue weighted by molar-refractivity contribution is 6.36. The maximum absolute atomic E-state index is 13.5. The number of carbonyl (C=O) groups is 2. The molecule has 0 radical (unpaired) electrons. The minimum Gasteiger partial charge on any atom is -0.350 e. The Hall–Kier alpha value is -3.80. The summed E-state index contributed by atoms with van der Waals surface area (Å²) in [7, 11) is 0. The van der Waals surface area contributed by atoms with Crippen LogP contribution in [0.2, 0.25) is 0 Å². The molecule has 0 atom stereocenters. The molecule has 2 amide bonds. The fraction of sp³-hybridized carbons (Fsp3) is 0.192. The summed E-state index contributed by atoms with van der Waals surface area (Å²) < 4.78 is 13.5. The number of aromatic nitrogens is 1. The van der Waals surface area contributed by atoms with Gasteiger partial charge in [-0.3, -0.25) is 19.5 Å². The van der Waals surface area contributed by atoms with E-state index >= 15 is 0 Å². The third-order valence-corrected chi connectivity index (χ3v) is 5.41. The number of hydrogen-bond donors (Lipinski definition) is 1. The molecule has 5 nitrogen and oxygen atoms in total. The van der Waals surface area contributed by atoms with Crippen molar-refractivity contribution < 1.29 is 14.0 Å². The van der Waals surface area contributed by atoms with E-state index in [1.165, 1.54) is 29.2 Å². The van der Waals surface area contributed by atoms with Crippen molar-refractivity contribution in [1.29, 1.82) is 0 Å². The molecule has 2 aromatic carbocycles. The van der Waals surface area contributed by atoms with Crippen LogP contribution in [-0.2, 0) is 21.5 Å². The molecule has 0 saturated heterocycles. The Morgan fingerprint density at radius 1 is 0.875 bits per heavy atom. The molecule has 0 fully saturated rings. The van der Waals surface area contributed by atoms with E-state index in [4.69, 9.17) is 0 Å². The highest BCUT2D eigenvalue weighted by atomic mass is 19.1. The Morgan fingerprint density at radius 2 is 1.50 bits per heavy atom. The fourth-order valence-electron chi connectivity index (χ4n) is 3.59. The van der Waals surface area contributed by atoms with Gasteiger partial charge >= 0.3 is 0 Å². The van der Waals surface area contributed by atoms with Gasteiger partial charge in [0.2, 0.25) is 0 Å². The molecule has 1 aromatic heterocycles. The number of imide groups is 1. The van der Waals surface area contributed by atoms with Crippen LogP contribution in [-0.4, -0.2) is 21.7 Å². The van der Waals surface area contributed by atoms with E-state index in [-0.39, 0.29) is 23.2 Å². The fourth-order valence-corrected chi connectivity index (χ4v) is 3.59. The lowest BCUT2D eigenvalue weighted by molar-refractivity contribution is -0.137. The third kappa shape index (κ3) is 4.30. The molecular weight excluding hydrogens is 405 g/mol. The van der Waals surface area contributed by atoms with Gasteiger partial charge in [0.05, 0.1) is 12.1 Å². The topological polar surface area (TPSA) is 62.3 Å². The summed E-state index contributed by atoms with van der Waals surface area (Å²) in [5.74, 6) is -1.26. The van der Waals surface area contributed by atoms with E-state index in [9.17, 15) is 14.0 Å². The van der Waals surface area contributed by atoms with Gasteiger partial charge in [0.15, 0.2) is 0 Å². The molecule has 162 valence electrons. The first-order valence-corrected chi connectivity index (χ1v) is 10.4. The zero-order chi connectivity index (χ0) is 22.9. The molecule has 1 aliphatic heterocycles. The van der Waals surface area contributed by atoms with Crippen LogP contribution < -0.4 is 5.32 Å². The van der Waals surface area contributed by atoms with Crippen LogP contribution in [0.5, 0.6) is 0 Å². The molecule has 2 heterocycles. The van der Waals surface area contributed by atoms with Crippen LogP contribution in [0, 0.1) is 5.82 Å². The SMILES string of the molecule is CC(C)(C)c1ccc(NC2=C(c3ccc(F)cc3)C(=O)N(Cc3ccncc3)C2=O)cc1. The monoisotopic (exact) mass is 429 g/mol. The number of anilines is 1. The summed E-state index contributed by atoms with van der Waals surface area (Å²) in [5.41, 5.74) is 3.52. The van der Waals surface area contributed by atoms with E-state index < -0.39 is 17.6 Å². The molecule has 1 aliphatic rings. The lowest BCUT2D eigenvalue weighted by Crippen LogP contribution is -2.32. The standard InChI is InChI=1S/C26H24FN3O2/c1-26(2,3)19-6-10-21(11-7-19)29-23-22(18-4-8-20(27)9-5-18)24(31)30(25(23)32)16-17-12-14-28-15-13-17/h4-15,29H,16H2,1-3H3. The second-order valence-electron chi connectivity index (χ2n) is 8.76. The Morgan fingerprint density at radius 3 is 2.09 bits per heavy atom. The molecule has 1 N–H and O–H groups in total. The molecule has 6 heteroatoms. The van der Waals surface area contributed by atoms with Gasteiger partial charge in [0.1, 0.15) is 11.5 Å². The van der Waals surface area contributed by atoms with Gasteiger partial charge in [-0.05, 0) is 58.5 Å². The van der Waals surface area contributed by atoms with Crippen molar-refractivity contribution in [1.82, 2.24) is 9.88 Å². The minimum absolute atomic E-state index is 0.00243. The Labute approximate surface area is 186 Å². The molecule has 4 rings (SSSR count). The van der Waals surface area contributed by atoms with Gasteiger partial charge in [-0.2, -0.15) is 0 Å². The quantitative estimate of drug-likeness (QED) is 0.586. The first-order valence-electron chi connectivity index (χ1n) is 10.4. The van der Waals surface area contributed by atoms with Crippen LogP contribution >= 0.6 is 0 Å². The summed E-state index contributed by atoms with van der Waals surface area (Å²) in [5, 5.41) is 3.14. The molecule has 0 aliphatic carbocycles. The summed E-state index contributed by atoms with van der Waals surface area (Å²) >= 11 is 0. The van der Waals surface area contributed by atoms with Gasteiger partial charge < -0.3 is 5.32 Å². The van der Waals surface area contributed by atoms with Crippen molar-refractivity contribution in [3.63, 3.8) is 0 Å². The largest absolute Gasteiger partial charge is 0.350 e. The second kappa shape index (κ2) is 8.38. The van der Waals surface area contributed by atoms with E-state index in [0.717, 1.165) is 11.1 Å². The third-order valence-electron chi connectivity index (χ3n) is 5.41. The van der Waals surface area contributed by atoms with E-state index in [2.05, 4.69) is 31.1 Å². The molecule has 32 heavy (non-hydrogen) atoms. The van der Waals surface area contributed by atoms with Crippen LogP contribution in [0.4, 0.5) is 10.1 Å². The number of amides is 2. The smallest absolute Gasteiger partial charge is 0.278 e. The van der Waals surface area contributed by atoms with Crippen LogP contribution in [0.25, 0.3) is 5.57 Å². The van der Waals surface area contributed by atoms with Crippen molar-refractivity contribution >= 4 is 23.1 Å². The van der Waals surface area contributed by atoms with Gasteiger partial charge in [-0.15, -0.1) is 0 Å². The number of halogens is 1. The lowest BCUT2D eigenvalue weighted by Gasteiger charge is -2.19. The first kappa shape index (κ1) is 21.4. The molecule has 0 unspecified atom stereocenters. The molecule has 0 spiro atoms. The molecule has 3 aromatic rings. The lowest BCUT2D eigenvalue weighted by atomic mass is 9.87. The average Bonchev–Trinajstić information content (AvgIpc) is 2.99. The van der Waals surface area contributed by atoms with Crippen LogP contribution in [0.15, 0.2) is 78.8 Å². The Kier molecular flexibility index (Phi) is 5.61. The summed E-state index contributed by atoms with van der Waals surface area (Å²) in [6, 6.07) is 16.9. The number of carbonyl (C=O) groups excluding carboxylic acids is 2. The van der Waals surface area contributed by atoms with Gasteiger partial charge in [0.25, 0.3) is 11.8 Å². The minimum atomic E-state index is -0.425. The number of pyridine rings is 1. The van der Waals surface area contributed by atoms with Crippen molar-refractivity contribution in [2.24, 2.45) is 0 Å². The van der Waals surface area contributed by atoms with Crippen molar-refractivity contribution in [3.8, 4) is 0 Å². The molecule has 0 bridgehead atoms. The van der Waals surface area contributed by atoms with Crippen LogP contribution in [0.3, 0.4) is 0 Å². The number of benzene rings is 2. The first-order chi connectivity index (χ1) is 15.2. The number of rotatable bonds is 5. The van der Waals surface area contributed by atoms with Crippen molar-refractivity contribution in [3.05, 3.63) is 101 Å². The second-order valence-corrected chi connectivity index (χ2v) is 8.76. The van der Waals surface area contributed by atoms with Gasteiger partial charge in [0, 0.05) is 18.1 Å². The Bertz CT molecular complexity index is 1180. The highest BCUT2D eigenvalue weighted by Crippen LogP contribution is 2.32. The maximum atomic E-state index is 13.5. The average molecular weight is 429 g/mol. The number of nitrogens with zero attached hydrogens (tertiary/aromatic N) is 2. The zero-order valence-corrected chi connectivity index (χ0v) is 18.2. The van der Waals surface area contributed by atoms with Gasteiger partial charge in [-0.1, -0.05) is 45.0 Å². The number of nitrogens with one attached hydrogen (secondary N) is 1. The van der Waals surface area contributed by atoms with Gasteiger partial charge in [-0.25, -0.2) is 4.39 Å². The maximum Gasteiger partial charge on any atom is 0.278 e. The predicted octanol–water partition coefficient (Wildman–Crippen LogP) is 4.91. The normalized spacial score (nSPS) is 14.3. The van der Waals surface area contributed by atoms with E-state index in [1.54, 1.807) is 24.5 Å². The van der Waals surface area contributed by atoms with Crippen molar-refractivity contribution in [2.75, 3.05) is 5.32 Å². The molecular formula is C26H24FN3O2. The van der Waals surface area contributed by atoms with E-state index in [0.29, 0.717) is 11.3 Å². The summed E-state index contributed by atoms with van der Waals surface area (Å²) in [6.07, 6.45) is 3.23. The number of hydrogen-bond acceptors (Lipinski definition) is 4. The summed E-state index contributed by atoms with van der Waals surface area (Å²) in [6.45, 7) is 6.50. The predicted molar refractivity (Wildman–Crippen MR) is 122 cm³/mol. The molecule has 0 saturated carbocycles. The highest BCUT2D eigenvalue weighted by Gasteiger charge is 2.39. The summed E-state index contributed by atoms with van der Waals surface area (Å²) in [4.78, 5) is 31.8.